The fraction of sp³-hybridized carbons (Fsp3) is 0.917. The van der Waals surface area contributed by atoms with E-state index in [-0.39, 0.29) is 11.8 Å². The minimum atomic E-state index is 0.200. The third kappa shape index (κ3) is 8.57. The van der Waals surface area contributed by atoms with E-state index in [9.17, 15) is 9.59 Å². The Balaban J connectivity index is 1.67. The third-order valence-corrected chi connectivity index (χ3v) is 9.96. The standard InChI is InChI=1S/C24H41NO2S2/c26-23-15-25-16-24(27)22-12-8-4-2-6-10-20(14-22)18-29-28-17-19-9-5-1-3-7-11-21(23)13-19/h19-22,25H,1-18H2/t19?,20?,21-,22?/m1/s1. The molecule has 5 heteroatoms. The minimum absolute atomic E-state index is 0.200. The van der Waals surface area contributed by atoms with Crippen LogP contribution in [-0.4, -0.2) is 36.2 Å². The van der Waals surface area contributed by atoms with Crippen LogP contribution in [-0.2, 0) is 9.59 Å². The minimum Gasteiger partial charge on any atom is -0.303 e. The lowest BCUT2D eigenvalue weighted by atomic mass is 9.86. The van der Waals surface area contributed by atoms with Crippen LogP contribution in [0.3, 0.4) is 0 Å². The SMILES string of the molecule is O=C1CNCC(=O)[C@@H]2CCCCCCC(CSSCC3CCCCCCC1C3)C2. The van der Waals surface area contributed by atoms with Crippen LogP contribution in [0.25, 0.3) is 0 Å². The van der Waals surface area contributed by atoms with Crippen LogP contribution in [0.2, 0.25) is 0 Å². The molecule has 29 heavy (non-hydrogen) atoms. The molecule has 3 rings (SSSR count). The van der Waals surface area contributed by atoms with Crippen molar-refractivity contribution in [3.63, 3.8) is 0 Å². The Labute approximate surface area is 186 Å². The van der Waals surface area contributed by atoms with E-state index in [1.165, 1.54) is 75.7 Å². The zero-order valence-electron chi connectivity index (χ0n) is 18.2. The number of fused-ring (bicyclic) bond motifs is 4. The summed E-state index contributed by atoms with van der Waals surface area (Å²) < 4.78 is 0. The average Bonchev–Trinajstić information content (AvgIpc) is 2.91. The van der Waals surface area contributed by atoms with Crippen molar-refractivity contribution in [3.8, 4) is 0 Å². The molecule has 3 fully saturated rings. The Hall–Kier alpha value is 0. The molecule has 0 spiro atoms. The predicted octanol–water partition coefficient (Wildman–Crippen LogP) is 6.06. The molecule has 2 aliphatic carbocycles. The second-order valence-electron chi connectivity index (χ2n) is 9.69. The molecule has 3 nitrogen and oxygen atoms in total. The van der Waals surface area contributed by atoms with Gasteiger partial charge in [0.15, 0.2) is 0 Å². The number of Topliss-reactive ketones (excluding diaryl/α,β-unsaturated/α-hetero) is 2. The normalized spacial score (nSPS) is 34.9. The highest BCUT2D eigenvalue weighted by molar-refractivity contribution is 8.76. The number of hydrogen-bond donors (Lipinski definition) is 1. The summed E-state index contributed by atoms with van der Waals surface area (Å²) in [5, 5.41) is 3.25. The molecule has 4 atom stereocenters. The fourth-order valence-electron chi connectivity index (χ4n) is 5.40. The molecule has 1 heterocycles. The molecule has 166 valence electrons. The van der Waals surface area contributed by atoms with Crippen LogP contribution in [0.15, 0.2) is 0 Å². The molecule has 0 aromatic rings. The number of ketones is 2. The zero-order valence-corrected chi connectivity index (χ0v) is 19.8. The summed E-state index contributed by atoms with van der Waals surface area (Å²) in [6.45, 7) is 0.780. The first-order valence-electron chi connectivity index (χ1n) is 12.2. The summed E-state index contributed by atoms with van der Waals surface area (Å²) in [6.07, 6.45) is 17.0. The first-order valence-corrected chi connectivity index (χ1v) is 14.7. The fourth-order valence-corrected chi connectivity index (χ4v) is 8.32. The van der Waals surface area contributed by atoms with Gasteiger partial charge in [-0.25, -0.2) is 0 Å². The van der Waals surface area contributed by atoms with Gasteiger partial charge in [-0.05, 0) is 50.4 Å². The number of carbonyl (C=O) groups is 2. The first-order chi connectivity index (χ1) is 14.2. The monoisotopic (exact) mass is 439 g/mol. The van der Waals surface area contributed by atoms with Crippen LogP contribution in [0.1, 0.15) is 89.9 Å². The van der Waals surface area contributed by atoms with Crippen molar-refractivity contribution in [1.82, 2.24) is 5.32 Å². The van der Waals surface area contributed by atoms with Gasteiger partial charge in [-0.2, -0.15) is 0 Å². The molecule has 4 bridgehead atoms. The lowest BCUT2D eigenvalue weighted by Crippen LogP contribution is -2.35. The van der Waals surface area contributed by atoms with Gasteiger partial charge in [0.05, 0.1) is 13.1 Å². The second kappa shape index (κ2) is 13.4. The first kappa shape index (κ1) is 23.7. The van der Waals surface area contributed by atoms with Crippen molar-refractivity contribution in [1.29, 1.82) is 0 Å². The Morgan fingerprint density at radius 2 is 1.00 bits per heavy atom. The number of carbonyl (C=O) groups excluding carboxylic acids is 2. The van der Waals surface area contributed by atoms with E-state index < -0.39 is 0 Å². The molecule has 1 saturated heterocycles. The maximum atomic E-state index is 12.9. The van der Waals surface area contributed by atoms with E-state index >= 15 is 0 Å². The Morgan fingerprint density at radius 3 is 1.45 bits per heavy atom. The maximum Gasteiger partial charge on any atom is 0.149 e. The van der Waals surface area contributed by atoms with E-state index in [0.717, 1.165) is 25.7 Å². The summed E-state index contributed by atoms with van der Waals surface area (Å²) in [4.78, 5) is 25.8. The number of rotatable bonds is 0. The highest BCUT2D eigenvalue weighted by Gasteiger charge is 2.27. The van der Waals surface area contributed by atoms with Gasteiger partial charge in [0.25, 0.3) is 0 Å². The highest BCUT2D eigenvalue weighted by atomic mass is 33.1. The molecular weight excluding hydrogens is 398 g/mol. The lowest BCUT2D eigenvalue weighted by molar-refractivity contribution is -0.124. The molecule has 1 aliphatic heterocycles. The molecule has 0 aromatic carbocycles. The van der Waals surface area contributed by atoms with E-state index in [1.807, 2.05) is 21.6 Å². The van der Waals surface area contributed by atoms with Gasteiger partial charge < -0.3 is 5.32 Å². The summed E-state index contributed by atoms with van der Waals surface area (Å²) in [6, 6.07) is 0. The summed E-state index contributed by atoms with van der Waals surface area (Å²) in [5.41, 5.74) is 0. The number of hydrogen-bond acceptors (Lipinski definition) is 5. The molecule has 0 aromatic heterocycles. The molecule has 1 N–H and O–H groups in total. The topological polar surface area (TPSA) is 46.2 Å². The van der Waals surface area contributed by atoms with Crippen molar-refractivity contribution >= 4 is 33.2 Å². The third-order valence-electron chi connectivity index (χ3n) is 7.27. The van der Waals surface area contributed by atoms with Crippen molar-refractivity contribution in [2.24, 2.45) is 23.7 Å². The highest BCUT2D eigenvalue weighted by Crippen LogP contribution is 2.36. The summed E-state index contributed by atoms with van der Waals surface area (Å²) >= 11 is 0. The second-order valence-corrected chi connectivity index (χ2v) is 12.2. The van der Waals surface area contributed by atoms with Gasteiger partial charge in [0.1, 0.15) is 11.6 Å². The largest absolute Gasteiger partial charge is 0.303 e. The Morgan fingerprint density at radius 1 is 0.586 bits per heavy atom. The van der Waals surface area contributed by atoms with Gasteiger partial charge in [-0.15, -0.1) is 0 Å². The van der Waals surface area contributed by atoms with Crippen LogP contribution < -0.4 is 5.32 Å². The zero-order chi connectivity index (χ0) is 20.3. The summed E-state index contributed by atoms with van der Waals surface area (Å²) in [5.74, 6) is 4.85. The van der Waals surface area contributed by atoms with Crippen molar-refractivity contribution < 1.29 is 9.59 Å². The molecule has 2 saturated carbocycles. The van der Waals surface area contributed by atoms with Gasteiger partial charge in [-0.3, -0.25) is 9.59 Å². The number of nitrogens with one attached hydrogen (secondary N) is 1. The van der Waals surface area contributed by atoms with Gasteiger partial charge in [0, 0.05) is 23.3 Å². The predicted molar refractivity (Wildman–Crippen MR) is 126 cm³/mol. The van der Waals surface area contributed by atoms with E-state index in [1.54, 1.807) is 0 Å². The van der Waals surface area contributed by atoms with Crippen molar-refractivity contribution in [2.45, 2.75) is 89.9 Å². The Kier molecular flexibility index (Phi) is 10.9. The van der Waals surface area contributed by atoms with Crippen molar-refractivity contribution in [2.75, 3.05) is 24.6 Å². The van der Waals surface area contributed by atoms with Crippen molar-refractivity contribution in [3.05, 3.63) is 0 Å². The van der Waals surface area contributed by atoms with Crippen LogP contribution in [0.4, 0.5) is 0 Å². The molecule has 0 amide bonds. The quantitative estimate of drug-likeness (QED) is 0.465. The van der Waals surface area contributed by atoms with Gasteiger partial charge in [-0.1, -0.05) is 73.0 Å². The molecular formula is C24H41NO2S2. The van der Waals surface area contributed by atoms with Crippen LogP contribution in [0, 0.1) is 23.7 Å². The van der Waals surface area contributed by atoms with E-state index in [0.29, 0.717) is 36.5 Å². The molecule has 3 aliphatic rings. The molecule has 3 unspecified atom stereocenters. The summed E-state index contributed by atoms with van der Waals surface area (Å²) in [7, 11) is 4.09. The van der Waals surface area contributed by atoms with Crippen LogP contribution >= 0.6 is 21.6 Å². The van der Waals surface area contributed by atoms with Gasteiger partial charge >= 0.3 is 0 Å². The van der Waals surface area contributed by atoms with E-state index in [2.05, 4.69) is 5.32 Å². The average molecular weight is 440 g/mol. The Bertz CT molecular complexity index is 469. The smallest absolute Gasteiger partial charge is 0.149 e. The lowest BCUT2D eigenvalue weighted by Gasteiger charge is -2.22. The van der Waals surface area contributed by atoms with Gasteiger partial charge in [0.2, 0.25) is 0 Å². The van der Waals surface area contributed by atoms with E-state index in [4.69, 9.17) is 0 Å². The maximum absolute atomic E-state index is 12.9. The molecule has 0 radical (unpaired) electrons. The van der Waals surface area contributed by atoms with Crippen LogP contribution in [0.5, 0.6) is 0 Å².